The van der Waals surface area contributed by atoms with E-state index in [1.807, 2.05) is 48.5 Å². The number of hydrogen-bond donors (Lipinski definition) is 1. The average molecular weight is 633 g/mol. The minimum atomic E-state index is 0.425. The zero-order valence-electron chi connectivity index (χ0n) is 26.7. The third kappa shape index (κ3) is 5.11. The Morgan fingerprint density at radius 3 is 2.06 bits per heavy atom. The normalized spacial score (nSPS) is 11.4. The molecule has 234 valence electrons. The Hall–Kier alpha value is -6.52. The highest BCUT2D eigenvalue weighted by Crippen LogP contribution is 2.45. The number of rotatable bonds is 7. The van der Waals surface area contributed by atoms with Crippen LogP contribution in [0.4, 0.5) is 22.7 Å². The van der Waals surface area contributed by atoms with Gasteiger partial charge in [0, 0.05) is 22.1 Å². The molecule has 0 aliphatic heterocycles. The largest absolute Gasteiger partial charge is 0.486 e. The van der Waals surface area contributed by atoms with Gasteiger partial charge in [0.25, 0.3) is 0 Å². The van der Waals surface area contributed by atoms with Crippen molar-refractivity contribution in [3.63, 3.8) is 0 Å². The van der Waals surface area contributed by atoms with E-state index >= 15 is 0 Å². The van der Waals surface area contributed by atoms with Crippen LogP contribution in [-0.4, -0.2) is 0 Å². The molecule has 0 aliphatic carbocycles. The molecule has 8 aromatic carbocycles. The lowest BCUT2D eigenvalue weighted by Crippen LogP contribution is -2.10. The minimum Gasteiger partial charge on any atom is -0.486 e. The van der Waals surface area contributed by atoms with E-state index in [0.29, 0.717) is 18.0 Å². The second-order valence-corrected chi connectivity index (χ2v) is 12.3. The quantitative estimate of drug-likeness (QED) is 0.140. The zero-order chi connectivity index (χ0) is 32.7. The molecule has 2 N–H and O–H groups in total. The molecule has 0 atom stereocenters. The summed E-state index contributed by atoms with van der Waals surface area (Å²) < 4.78 is 12.9. The molecule has 0 saturated carbocycles. The summed E-state index contributed by atoms with van der Waals surface area (Å²) in [5.41, 5.74) is 15.5. The zero-order valence-corrected chi connectivity index (χ0v) is 26.7. The van der Waals surface area contributed by atoms with Crippen molar-refractivity contribution in [2.24, 2.45) is 0 Å². The van der Waals surface area contributed by atoms with Gasteiger partial charge in [-0.1, -0.05) is 121 Å². The molecule has 0 unspecified atom stereocenters. The van der Waals surface area contributed by atoms with E-state index < -0.39 is 0 Å². The van der Waals surface area contributed by atoms with E-state index in [4.69, 9.17) is 14.9 Å². The van der Waals surface area contributed by atoms with Crippen molar-refractivity contribution in [3.05, 3.63) is 175 Å². The molecule has 0 fully saturated rings. The Labute approximate surface area is 284 Å². The molecule has 0 spiro atoms. The van der Waals surface area contributed by atoms with Crippen molar-refractivity contribution in [1.29, 1.82) is 0 Å². The van der Waals surface area contributed by atoms with Crippen LogP contribution in [0.1, 0.15) is 5.56 Å². The van der Waals surface area contributed by atoms with Gasteiger partial charge >= 0.3 is 0 Å². The topological polar surface area (TPSA) is 51.6 Å². The lowest BCUT2D eigenvalue weighted by atomic mass is 9.98. The molecule has 0 radical (unpaired) electrons. The van der Waals surface area contributed by atoms with Gasteiger partial charge in [-0.3, -0.25) is 0 Å². The minimum absolute atomic E-state index is 0.425. The molecular weight excluding hydrogens is 601 g/mol. The molecule has 1 aromatic heterocycles. The smallest absolute Gasteiger partial charge is 0.151 e. The van der Waals surface area contributed by atoms with Gasteiger partial charge < -0.3 is 19.8 Å². The van der Waals surface area contributed by atoms with E-state index in [2.05, 4.69) is 126 Å². The molecule has 9 rings (SSSR count). The summed E-state index contributed by atoms with van der Waals surface area (Å²) in [6.45, 7) is 0.425. The van der Waals surface area contributed by atoms with Crippen molar-refractivity contribution in [2.75, 3.05) is 10.6 Å². The number of hydrogen-bond acceptors (Lipinski definition) is 4. The first-order chi connectivity index (χ1) is 24.2. The summed E-state index contributed by atoms with van der Waals surface area (Å²) in [5.74, 6) is 0.699. The van der Waals surface area contributed by atoms with Gasteiger partial charge in [0.15, 0.2) is 5.75 Å². The Balaban J connectivity index is 1.29. The van der Waals surface area contributed by atoms with Gasteiger partial charge in [-0.25, -0.2) is 0 Å². The number of anilines is 4. The molecular formula is C45H32N2O2. The fraction of sp³-hybridized carbons (Fsp3) is 0.0222. The van der Waals surface area contributed by atoms with Gasteiger partial charge in [0.2, 0.25) is 0 Å². The van der Waals surface area contributed by atoms with Crippen LogP contribution < -0.4 is 15.4 Å². The molecule has 0 aliphatic rings. The fourth-order valence-electron chi connectivity index (χ4n) is 6.97. The van der Waals surface area contributed by atoms with E-state index in [0.717, 1.165) is 77.2 Å². The highest BCUT2D eigenvalue weighted by atomic mass is 16.5. The van der Waals surface area contributed by atoms with Crippen LogP contribution in [-0.2, 0) is 6.61 Å². The van der Waals surface area contributed by atoms with Gasteiger partial charge in [0.1, 0.15) is 17.8 Å². The SMILES string of the molecule is Nc1ccc2ccc3ccc(N(c4cccc(-c5ccccc5)c4)c4cccc5oc6ccccc6c45)cc3c2c1OCc1ccccc1. The van der Waals surface area contributed by atoms with E-state index in [1.54, 1.807) is 0 Å². The predicted octanol–water partition coefficient (Wildman–Crippen LogP) is 12.2. The van der Waals surface area contributed by atoms with Crippen LogP contribution in [0, 0.1) is 0 Å². The number of benzene rings is 8. The summed E-state index contributed by atoms with van der Waals surface area (Å²) in [6.07, 6.45) is 0. The molecule has 9 aromatic rings. The van der Waals surface area contributed by atoms with E-state index in [1.165, 1.54) is 0 Å². The number of nitrogen functional groups attached to an aromatic ring is 1. The summed E-state index contributed by atoms with van der Waals surface area (Å²) in [7, 11) is 0. The standard InChI is InChI=1S/C45H32N2O2/c46-39-26-24-33-22-21-32-23-25-36(28-38(32)43(33)45(39)48-29-30-11-3-1-4-12-30)47(35-16-9-15-34(27-35)31-13-5-2-6-14-31)40-18-10-20-42-44(40)37-17-7-8-19-41(37)49-42/h1-28H,29,46H2. The second-order valence-electron chi connectivity index (χ2n) is 12.3. The molecule has 1 heterocycles. The third-order valence-corrected chi connectivity index (χ3v) is 9.29. The molecule has 49 heavy (non-hydrogen) atoms. The van der Waals surface area contributed by atoms with E-state index in [9.17, 15) is 0 Å². The Kier molecular flexibility index (Phi) is 6.98. The highest BCUT2D eigenvalue weighted by molar-refractivity contribution is 6.16. The van der Waals surface area contributed by atoms with Crippen molar-refractivity contribution in [3.8, 4) is 16.9 Å². The first-order valence-electron chi connectivity index (χ1n) is 16.5. The fourth-order valence-corrected chi connectivity index (χ4v) is 6.97. The Morgan fingerprint density at radius 2 is 1.18 bits per heavy atom. The van der Waals surface area contributed by atoms with Crippen LogP contribution >= 0.6 is 0 Å². The van der Waals surface area contributed by atoms with Gasteiger partial charge in [-0.2, -0.15) is 0 Å². The van der Waals surface area contributed by atoms with Gasteiger partial charge in [-0.05, 0) is 81.4 Å². The van der Waals surface area contributed by atoms with Crippen LogP contribution in [0.5, 0.6) is 5.75 Å². The molecule has 0 bridgehead atoms. The number of ether oxygens (including phenoxy) is 1. The number of fused-ring (bicyclic) bond motifs is 6. The Morgan fingerprint density at radius 1 is 0.510 bits per heavy atom. The van der Waals surface area contributed by atoms with E-state index in [-0.39, 0.29) is 0 Å². The van der Waals surface area contributed by atoms with Crippen LogP contribution in [0.3, 0.4) is 0 Å². The number of nitrogens with two attached hydrogens (primary N) is 1. The maximum atomic E-state index is 6.65. The van der Waals surface area contributed by atoms with Crippen LogP contribution in [0.25, 0.3) is 54.6 Å². The monoisotopic (exact) mass is 632 g/mol. The summed E-state index contributed by atoms with van der Waals surface area (Å²) in [4.78, 5) is 2.34. The molecule has 4 nitrogen and oxygen atoms in total. The van der Waals surface area contributed by atoms with Crippen LogP contribution in [0.15, 0.2) is 174 Å². The maximum absolute atomic E-state index is 6.65. The summed E-state index contributed by atoms with van der Waals surface area (Å²) in [5, 5.41) is 6.39. The predicted molar refractivity (Wildman–Crippen MR) is 204 cm³/mol. The van der Waals surface area contributed by atoms with Crippen molar-refractivity contribution in [1.82, 2.24) is 0 Å². The molecule has 0 amide bonds. The first-order valence-corrected chi connectivity index (χ1v) is 16.5. The van der Waals surface area contributed by atoms with Gasteiger partial charge in [0.05, 0.1) is 16.8 Å². The number of para-hydroxylation sites is 1. The third-order valence-electron chi connectivity index (χ3n) is 9.29. The van der Waals surface area contributed by atoms with Gasteiger partial charge in [-0.15, -0.1) is 0 Å². The van der Waals surface area contributed by atoms with Crippen LogP contribution in [0.2, 0.25) is 0 Å². The van der Waals surface area contributed by atoms with Crippen molar-refractivity contribution in [2.45, 2.75) is 6.61 Å². The molecule has 4 heteroatoms. The Bertz CT molecular complexity index is 2630. The lowest BCUT2D eigenvalue weighted by Gasteiger charge is -2.27. The average Bonchev–Trinajstić information content (AvgIpc) is 3.55. The summed E-state index contributed by atoms with van der Waals surface area (Å²) >= 11 is 0. The second kappa shape index (κ2) is 11.9. The molecule has 0 saturated heterocycles. The summed E-state index contributed by atoms with van der Waals surface area (Å²) in [6, 6.07) is 59.0. The lowest BCUT2D eigenvalue weighted by molar-refractivity contribution is 0.312. The number of furan rings is 1. The van der Waals surface area contributed by atoms with Crippen molar-refractivity contribution < 1.29 is 9.15 Å². The number of nitrogens with zero attached hydrogens (tertiary/aromatic N) is 1. The highest BCUT2D eigenvalue weighted by Gasteiger charge is 2.21. The maximum Gasteiger partial charge on any atom is 0.151 e. The van der Waals surface area contributed by atoms with Crippen molar-refractivity contribution >= 4 is 66.2 Å². The first kappa shape index (κ1) is 28.7.